The van der Waals surface area contributed by atoms with Crippen molar-refractivity contribution in [2.75, 3.05) is 24.3 Å². The summed E-state index contributed by atoms with van der Waals surface area (Å²) in [4.78, 5) is 24.6. The number of pyridine rings is 1. The Balaban J connectivity index is 1.89. The highest BCUT2D eigenvalue weighted by molar-refractivity contribution is 5.89. The van der Waals surface area contributed by atoms with Gasteiger partial charge < -0.3 is 15.4 Å². The second-order valence-electron chi connectivity index (χ2n) is 5.42. The van der Waals surface area contributed by atoms with Gasteiger partial charge >= 0.3 is 5.97 Å². The van der Waals surface area contributed by atoms with Crippen LogP contribution in [0.5, 0.6) is 0 Å². The Labute approximate surface area is 151 Å². The lowest BCUT2D eigenvalue weighted by Gasteiger charge is -2.11. The van der Waals surface area contributed by atoms with E-state index in [1.165, 1.54) is 7.11 Å². The van der Waals surface area contributed by atoms with Crippen molar-refractivity contribution in [1.82, 2.24) is 15.0 Å². The fourth-order valence-electron chi connectivity index (χ4n) is 2.37. The fraction of sp³-hybridized carbons (Fsp3) is 0.158. The number of esters is 1. The minimum absolute atomic E-state index is 0.368. The lowest BCUT2D eigenvalue weighted by atomic mass is 10.2. The number of methoxy groups -OCH3 is 1. The third-order valence-corrected chi connectivity index (χ3v) is 3.62. The lowest BCUT2D eigenvalue weighted by Crippen LogP contribution is -2.05. The maximum atomic E-state index is 11.5. The number of ether oxygens (including phenoxy) is 1. The van der Waals surface area contributed by atoms with Gasteiger partial charge in [0.05, 0.1) is 18.4 Å². The maximum Gasteiger partial charge on any atom is 0.337 e. The molecule has 0 fully saturated rings. The van der Waals surface area contributed by atoms with E-state index in [0.29, 0.717) is 23.9 Å². The number of anilines is 3. The van der Waals surface area contributed by atoms with Crippen molar-refractivity contribution in [3.05, 3.63) is 60.4 Å². The van der Waals surface area contributed by atoms with Crippen molar-refractivity contribution in [1.29, 1.82) is 0 Å². The first-order valence-electron chi connectivity index (χ1n) is 8.18. The van der Waals surface area contributed by atoms with Crippen LogP contribution in [0.25, 0.3) is 11.3 Å². The molecule has 7 heteroatoms. The van der Waals surface area contributed by atoms with E-state index in [4.69, 9.17) is 4.74 Å². The Morgan fingerprint density at radius 1 is 1.08 bits per heavy atom. The molecule has 26 heavy (non-hydrogen) atoms. The van der Waals surface area contributed by atoms with Crippen LogP contribution in [0.1, 0.15) is 17.3 Å². The summed E-state index contributed by atoms with van der Waals surface area (Å²) in [6.45, 7) is 2.70. The van der Waals surface area contributed by atoms with Crippen LogP contribution in [0.3, 0.4) is 0 Å². The average molecular weight is 349 g/mol. The predicted molar refractivity (Wildman–Crippen MR) is 100 cm³/mol. The quantitative estimate of drug-likeness (QED) is 0.658. The standard InChI is InChI=1S/C19H19N5O2/c1-3-21-19-23-16(13-8-10-20-11-9-13)12-17(24-19)22-15-6-4-14(5-7-15)18(25)26-2/h4-12H,3H2,1-2H3,(H2,21,22,23,24). The molecular weight excluding hydrogens is 330 g/mol. The van der Waals surface area contributed by atoms with E-state index in [2.05, 4.69) is 25.6 Å². The second kappa shape index (κ2) is 8.06. The summed E-state index contributed by atoms with van der Waals surface area (Å²) >= 11 is 0. The van der Waals surface area contributed by atoms with Crippen molar-refractivity contribution in [2.45, 2.75) is 6.92 Å². The maximum absolute atomic E-state index is 11.5. The third kappa shape index (κ3) is 4.13. The van der Waals surface area contributed by atoms with E-state index in [1.54, 1.807) is 36.7 Å². The molecule has 132 valence electrons. The minimum Gasteiger partial charge on any atom is -0.465 e. The molecule has 0 bridgehead atoms. The minimum atomic E-state index is -0.368. The fourth-order valence-corrected chi connectivity index (χ4v) is 2.37. The summed E-state index contributed by atoms with van der Waals surface area (Å²) in [5.41, 5.74) is 3.03. The van der Waals surface area contributed by atoms with Gasteiger partial charge in [0.25, 0.3) is 0 Å². The molecule has 0 atom stereocenters. The summed E-state index contributed by atoms with van der Waals surface area (Å²) in [6, 6.07) is 12.7. The molecule has 0 unspecified atom stereocenters. The van der Waals surface area contributed by atoms with Gasteiger partial charge in [0.1, 0.15) is 5.82 Å². The van der Waals surface area contributed by atoms with Crippen LogP contribution in [-0.4, -0.2) is 34.6 Å². The highest BCUT2D eigenvalue weighted by Crippen LogP contribution is 2.23. The van der Waals surface area contributed by atoms with Crippen LogP contribution in [0.4, 0.5) is 17.5 Å². The molecule has 0 aliphatic heterocycles. The molecule has 3 aromatic rings. The zero-order chi connectivity index (χ0) is 18.4. The molecule has 0 aliphatic carbocycles. The summed E-state index contributed by atoms with van der Waals surface area (Å²) in [5.74, 6) is 0.817. The number of carbonyl (C=O) groups is 1. The number of aromatic nitrogens is 3. The van der Waals surface area contributed by atoms with Gasteiger partial charge in [-0.1, -0.05) is 0 Å². The van der Waals surface area contributed by atoms with Gasteiger partial charge in [-0.2, -0.15) is 4.98 Å². The van der Waals surface area contributed by atoms with Gasteiger partial charge in [-0.25, -0.2) is 9.78 Å². The summed E-state index contributed by atoms with van der Waals surface area (Å²) in [5, 5.41) is 6.37. The largest absolute Gasteiger partial charge is 0.465 e. The zero-order valence-electron chi connectivity index (χ0n) is 14.6. The molecule has 0 spiro atoms. The van der Waals surface area contributed by atoms with Gasteiger partial charge in [-0.15, -0.1) is 0 Å². The number of rotatable bonds is 6. The Kier molecular flexibility index (Phi) is 5.38. The lowest BCUT2D eigenvalue weighted by molar-refractivity contribution is 0.0601. The van der Waals surface area contributed by atoms with E-state index in [9.17, 15) is 4.79 Å². The molecule has 2 aromatic heterocycles. The van der Waals surface area contributed by atoms with Crippen LogP contribution < -0.4 is 10.6 Å². The van der Waals surface area contributed by atoms with E-state index in [0.717, 1.165) is 16.9 Å². The van der Waals surface area contributed by atoms with Crippen molar-refractivity contribution in [2.24, 2.45) is 0 Å². The van der Waals surface area contributed by atoms with Crippen molar-refractivity contribution in [3.8, 4) is 11.3 Å². The Bertz CT molecular complexity index is 882. The number of nitrogens with one attached hydrogen (secondary N) is 2. The van der Waals surface area contributed by atoms with Gasteiger partial charge in [0.15, 0.2) is 0 Å². The number of benzene rings is 1. The smallest absolute Gasteiger partial charge is 0.337 e. The normalized spacial score (nSPS) is 10.2. The molecule has 2 N–H and O–H groups in total. The number of hydrogen-bond donors (Lipinski definition) is 2. The predicted octanol–water partition coefficient (Wildman–Crippen LogP) is 3.50. The Morgan fingerprint density at radius 2 is 1.81 bits per heavy atom. The van der Waals surface area contributed by atoms with Crippen molar-refractivity contribution in [3.63, 3.8) is 0 Å². The van der Waals surface area contributed by atoms with E-state index in [-0.39, 0.29) is 5.97 Å². The van der Waals surface area contributed by atoms with Gasteiger partial charge in [0, 0.05) is 36.3 Å². The monoisotopic (exact) mass is 349 g/mol. The van der Waals surface area contributed by atoms with Gasteiger partial charge in [0.2, 0.25) is 5.95 Å². The van der Waals surface area contributed by atoms with Gasteiger partial charge in [-0.3, -0.25) is 4.98 Å². The summed E-state index contributed by atoms with van der Waals surface area (Å²) < 4.78 is 4.71. The molecule has 3 rings (SSSR count). The highest BCUT2D eigenvalue weighted by Gasteiger charge is 2.08. The van der Waals surface area contributed by atoms with E-state index >= 15 is 0 Å². The van der Waals surface area contributed by atoms with Crippen molar-refractivity contribution >= 4 is 23.4 Å². The molecule has 0 radical (unpaired) electrons. The molecule has 0 saturated carbocycles. The Hall–Kier alpha value is -3.48. The highest BCUT2D eigenvalue weighted by atomic mass is 16.5. The first kappa shape index (κ1) is 17.3. The second-order valence-corrected chi connectivity index (χ2v) is 5.42. The molecule has 0 aliphatic rings. The van der Waals surface area contributed by atoms with Crippen LogP contribution in [0.2, 0.25) is 0 Å². The zero-order valence-corrected chi connectivity index (χ0v) is 14.6. The number of carbonyl (C=O) groups excluding carboxylic acids is 1. The number of nitrogens with zero attached hydrogens (tertiary/aromatic N) is 3. The molecule has 7 nitrogen and oxygen atoms in total. The van der Waals surface area contributed by atoms with Gasteiger partial charge in [-0.05, 0) is 43.3 Å². The molecular formula is C19H19N5O2. The SMILES string of the molecule is CCNc1nc(Nc2ccc(C(=O)OC)cc2)cc(-c2ccncc2)n1. The van der Waals surface area contributed by atoms with E-state index < -0.39 is 0 Å². The summed E-state index contributed by atoms with van der Waals surface area (Å²) in [7, 11) is 1.36. The van der Waals surface area contributed by atoms with E-state index in [1.807, 2.05) is 25.1 Å². The topological polar surface area (TPSA) is 89.0 Å². The first-order valence-corrected chi connectivity index (χ1v) is 8.18. The number of hydrogen-bond acceptors (Lipinski definition) is 7. The molecule has 1 aromatic carbocycles. The Morgan fingerprint density at radius 3 is 2.46 bits per heavy atom. The van der Waals surface area contributed by atoms with Crippen LogP contribution in [-0.2, 0) is 4.74 Å². The first-order chi connectivity index (χ1) is 12.7. The molecule has 2 heterocycles. The van der Waals surface area contributed by atoms with Crippen LogP contribution >= 0.6 is 0 Å². The third-order valence-electron chi connectivity index (χ3n) is 3.62. The average Bonchev–Trinajstić information content (AvgIpc) is 2.69. The molecule has 0 amide bonds. The van der Waals surface area contributed by atoms with Crippen molar-refractivity contribution < 1.29 is 9.53 Å². The van der Waals surface area contributed by atoms with Crippen LogP contribution in [0, 0.1) is 0 Å². The molecule has 0 saturated heterocycles. The summed E-state index contributed by atoms with van der Waals surface area (Å²) in [6.07, 6.45) is 3.45. The van der Waals surface area contributed by atoms with Crippen LogP contribution in [0.15, 0.2) is 54.9 Å².